The molecule has 0 amide bonds. The van der Waals surface area contributed by atoms with Crippen LogP contribution in [0.3, 0.4) is 0 Å². The summed E-state index contributed by atoms with van der Waals surface area (Å²) in [4.78, 5) is 0. The third-order valence-electron chi connectivity index (χ3n) is 3.64. The van der Waals surface area contributed by atoms with Crippen LogP contribution in [0.5, 0.6) is 0 Å². The van der Waals surface area contributed by atoms with E-state index in [9.17, 15) is 18.3 Å². The summed E-state index contributed by atoms with van der Waals surface area (Å²) in [6.45, 7) is 1.64. The smallest absolute Gasteiger partial charge is 0.248 e. The van der Waals surface area contributed by atoms with Crippen LogP contribution >= 0.6 is 0 Å². The Bertz CT molecular complexity index is 431. The minimum Gasteiger partial charge on any atom is -0.388 e. The van der Waals surface area contributed by atoms with E-state index in [2.05, 4.69) is 0 Å². The van der Waals surface area contributed by atoms with E-state index < -0.39 is 12.0 Å². The zero-order valence-electron chi connectivity index (χ0n) is 10.3. The van der Waals surface area contributed by atoms with E-state index in [1.807, 2.05) is 0 Å². The van der Waals surface area contributed by atoms with Crippen molar-refractivity contribution >= 4 is 0 Å². The molecule has 100 valence electrons. The predicted molar refractivity (Wildman–Crippen MR) is 63.0 cm³/mol. The number of hydrogen-bond donors (Lipinski definition) is 1. The molecule has 1 saturated carbocycles. The quantitative estimate of drug-likeness (QED) is 0.869. The second kappa shape index (κ2) is 4.92. The van der Waals surface area contributed by atoms with Crippen LogP contribution in [0.1, 0.15) is 42.9 Å². The molecule has 1 N–H and O–H groups in total. The predicted octanol–water partition coefficient (Wildman–Crippen LogP) is 3.99. The number of alkyl halides is 2. The van der Waals surface area contributed by atoms with Crippen molar-refractivity contribution in [2.45, 2.75) is 44.6 Å². The Kier molecular flexibility index (Phi) is 3.66. The Hall–Kier alpha value is -1.03. The Morgan fingerprint density at radius 1 is 1.44 bits per heavy atom. The first kappa shape index (κ1) is 13.4. The minimum atomic E-state index is -2.59. The van der Waals surface area contributed by atoms with Crippen LogP contribution in [0, 0.1) is 18.7 Å². The van der Waals surface area contributed by atoms with Gasteiger partial charge in [-0.05, 0) is 42.9 Å². The topological polar surface area (TPSA) is 20.2 Å². The van der Waals surface area contributed by atoms with Crippen molar-refractivity contribution in [2.75, 3.05) is 0 Å². The molecule has 1 aromatic rings. The average molecular weight is 258 g/mol. The Labute approximate surface area is 105 Å². The third kappa shape index (κ3) is 3.05. The van der Waals surface area contributed by atoms with E-state index >= 15 is 0 Å². The van der Waals surface area contributed by atoms with Gasteiger partial charge < -0.3 is 5.11 Å². The summed E-state index contributed by atoms with van der Waals surface area (Å²) in [6, 6.07) is 4.53. The maximum Gasteiger partial charge on any atom is 0.248 e. The van der Waals surface area contributed by atoms with Crippen LogP contribution in [-0.4, -0.2) is 11.0 Å². The lowest BCUT2D eigenvalue weighted by Gasteiger charge is -2.16. The fourth-order valence-corrected chi connectivity index (χ4v) is 2.51. The minimum absolute atomic E-state index is 0.105. The van der Waals surface area contributed by atoms with E-state index in [1.54, 1.807) is 19.1 Å². The number of halogens is 3. The number of aliphatic hydroxyl groups is 1. The average Bonchev–Trinajstić information content (AvgIpc) is 2.62. The summed E-state index contributed by atoms with van der Waals surface area (Å²) in [5.41, 5.74) is 0.978. The summed E-state index contributed by atoms with van der Waals surface area (Å²) in [7, 11) is 0. The largest absolute Gasteiger partial charge is 0.388 e. The van der Waals surface area contributed by atoms with Gasteiger partial charge in [-0.15, -0.1) is 0 Å². The molecule has 2 rings (SSSR count). The van der Waals surface area contributed by atoms with Crippen LogP contribution in [0.15, 0.2) is 18.2 Å². The van der Waals surface area contributed by atoms with Crippen LogP contribution in [-0.2, 0) is 0 Å². The van der Waals surface area contributed by atoms with Crippen molar-refractivity contribution in [1.82, 2.24) is 0 Å². The fraction of sp³-hybridized carbons (Fsp3) is 0.571. The molecule has 1 aliphatic carbocycles. The van der Waals surface area contributed by atoms with Gasteiger partial charge in [-0.1, -0.05) is 12.1 Å². The lowest BCUT2D eigenvalue weighted by atomic mass is 9.95. The number of benzene rings is 1. The van der Waals surface area contributed by atoms with Gasteiger partial charge in [0.2, 0.25) is 5.92 Å². The standard InChI is InChI=1S/C14H17F3O/c1-9-2-3-11(7-12(9)15)13(18)6-10-4-5-14(16,17)8-10/h2-3,7,10,13,18H,4-6,8H2,1H3. The van der Waals surface area contributed by atoms with Crippen LogP contribution in [0.25, 0.3) is 0 Å². The van der Waals surface area contributed by atoms with Crippen LogP contribution < -0.4 is 0 Å². The van der Waals surface area contributed by atoms with Gasteiger partial charge in [0, 0.05) is 12.8 Å². The van der Waals surface area contributed by atoms with Crippen molar-refractivity contribution in [1.29, 1.82) is 0 Å². The third-order valence-corrected chi connectivity index (χ3v) is 3.64. The van der Waals surface area contributed by atoms with Crippen molar-refractivity contribution in [3.05, 3.63) is 35.1 Å². The summed E-state index contributed by atoms with van der Waals surface area (Å²) in [6.07, 6.45) is -0.430. The maximum absolute atomic E-state index is 13.3. The Morgan fingerprint density at radius 3 is 2.72 bits per heavy atom. The molecule has 4 heteroatoms. The summed E-state index contributed by atoms with van der Waals surface area (Å²) in [5, 5.41) is 9.95. The number of rotatable bonds is 3. The zero-order valence-corrected chi connectivity index (χ0v) is 10.3. The SMILES string of the molecule is Cc1ccc(C(O)CC2CCC(F)(F)C2)cc1F. The number of aryl methyl sites for hydroxylation is 1. The first-order valence-corrected chi connectivity index (χ1v) is 6.19. The highest BCUT2D eigenvalue weighted by Crippen LogP contribution is 2.42. The number of aliphatic hydroxyl groups excluding tert-OH is 1. The van der Waals surface area contributed by atoms with E-state index in [4.69, 9.17) is 0 Å². The highest BCUT2D eigenvalue weighted by atomic mass is 19.3. The van der Waals surface area contributed by atoms with Crippen LogP contribution in [0.2, 0.25) is 0 Å². The summed E-state index contributed by atoms with van der Waals surface area (Å²) < 4.78 is 39.4. The summed E-state index contributed by atoms with van der Waals surface area (Å²) >= 11 is 0. The van der Waals surface area contributed by atoms with Gasteiger partial charge in [0.05, 0.1) is 6.10 Å². The molecule has 1 aliphatic rings. The normalized spacial score (nSPS) is 24.2. The van der Waals surface area contributed by atoms with E-state index in [1.165, 1.54) is 6.07 Å². The van der Waals surface area contributed by atoms with Crippen molar-refractivity contribution in [3.8, 4) is 0 Å². The highest BCUT2D eigenvalue weighted by molar-refractivity contribution is 5.24. The van der Waals surface area contributed by atoms with Gasteiger partial charge in [-0.2, -0.15) is 0 Å². The molecule has 0 aliphatic heterocycles. The summed E-state index contributed by atoms with van der Waals surface area (Å²) in [5.74, 6) is -3.15. The van der Waals surface area contributed by atoms with Crippen molar-refractivity contribution in [2.24, 2.45) is 5.92 Å². The Balaban J connectivity index is 1.99. The zero-order chi connectivity index (χ0) is 13.3. The second-order valence-corrected chi connectivity index (χ2v) is 5.22. The number of hydrogen-bond acceptors (Lipinski definition) is 1. The monoisotopic (exact) mass is 258 g/mol. The van der Waals surface area contributed by atoms with Gasteiger partial charge in [-0.3, -0.25) is 0 Å². The molecule has 1 nitrogen and oxygen atoms in total. The Morgan fingerprint density at radius 2 is 2.17 bits per heavy atom. The molecule has 2 atom stereocenters. The molecule has 0 saturated heterocycles. The highest BCUT2D eigenvalue weighted by Gasteiger charge is 2.39. The van der Waals surface area contributed by atoms with Gasteiger partial charge in [0.25, 0.3) is 0 Å². The van der Waals surface area contributed by atoms with Gasteiger partial charge in [0.15, 0.2) is 0 Å². The van der Waals surface area contributed by atoms with Gasteiger partial charge >= 0.3 is 0 Å². The first-order valence-electron chi connectivity index (χ1n) is 6.19. The lowest BCUT2D eigenvalue weighted by Crippen LogP contribution is -2.11. The molecule has 0 bridgehead atoms. The molecule has 18 heavy (non-hydrogen) atoms. The lowest BCUT2D eigenvalue weighted by molar-refractivity contribution is 0.00254. The molecular formula is C14H17F3O. The maximum atomic E-state index is 13.3. The van der Waals surface area contributed by atoms with Crippen molar-refractivity contribution in [3.63, 3.8) is 0 Å². The molecule has 0 heterocycles. The van der Waals surface area contributed by atoms with E-state index in [0.717, 1.165) is 0 Å². The molecule has 2 unspecified atom stereocenters. The molecule has 0 spiro atoms. The first-order chi connectivity index (χ1) is 8.37. The van der Waals surface area contributed by atoms with Gasteiger partial charge in [0.1, 0.15) is 5.82 Å². The molecule has 0 radical (unpaired) electrons. The van der Waals surface area contributed by atoms with Crippen LogP contribution in [0.4, 0.5) is 13.2 Å². The second-order valence-electron chi connectivity index (χ2n) is 5.22. The molecular weight excluding hydrogens is 241 g/mol. The van der Waals surface area contributed by atoms with Gasteiger partial charge in [-0.25, -0.2) is 13.2 Å². The van der Waals surface area contributed by atoms with E-state index in [-0.39, 0.29) is 31.0 Å². The molecule has 0 aromatic heterocycles. The van der Waals surface area contributed by atoms with E-state index in [0.29, 0.717) is 17.5 Å². The molecule has 1 fully saturated rings. The fourth-order valence-electron chi connectivity index (χ4n) is 2.51. The molecule has 1 aromatic carbocycles. The van der Waals surface area contributed by atoms with Crippen molar-refractivity contribution < 1.29 is 18.3 Å².